The standard InChI is InChI=1S/C19H24N4O3/c1-19(2,3)18(26)23-11-9-22(10-12-23)17(25)15-13-7-5-6-8-14(13)16(24)21(4)20-15/h5-8H,9-12H2,1-4H3. The molecule has 138 valence electrons. The molecule has 2 heterocycles. The van der Waals surface area contributed by atoms with Crippen LogP contribution in [0.3, 0.4) is 0 Å². The summed E-state index contributed by atoms with van der Waals surface area (Å²) in [5.41, 5.74) is -0.377. The van der Waals surface area contributed by atoms with Crippen molar-refractivity contribution in [2.45, 2.75) is 20.8 Å². The first-order valence-electron chi connectivity index (χ1n) is 8.75. The third-order valence-electron chi connectivity index (χ3n) is 4.65. The Morgan fingerprint density at radius 1 is 0.962 bits per heavy atom. The summed E-state index contributed by atoms with van der Waals surface area (Å²) in [6.07, 6.45) is 0. The Bertz CT molecular complexity index is 919. The fraction of sp³-hybridized carbons (Fsp3) is 0.474. The number of fused-ring (bicyclic) bond motifs is 1. The molecule has 0 radical (unpaired) electrons. The first kappa shape index (κ1) is 18.1. The van der Waals surface area contributed by atoms with E-state index in [-0.39, 0.29) is 23.1 Å². The number of hydrogen-bond donors (Lipinski definition) is 0. The summed E-state index contributed by atoms with van der Waals surface area (Å²) in [4.78, 5) is 41.1. The van der Waals surface area contributed by atoms with Crippen molar-refractivity contribution >= 4 is 22.6 Å². The van der Waals surface area contributed by atoms with Crippen LogP contribution in [0.5, 0.6) is 0 Å². The molecule has 2 amide bonds. The number of nitrogens with zero attached hydrogens (tertiary/aromatic N) is 4. The fourth-order valence-corrected chi connectivity index (χ4v) is 3.19. The number of aromatic nitrogens is 2. The zero-order valence-electron chi connectivity index (χ0n) is 15.7. The minimum Gasteiger partial charge on any atom is -0.339 e. The Balaban J connectivity index is 1.84. The van der Waals surface area contributed by atoms with Crippen LogP contribution in [0.1, 0.15) is 31.3 Å². The molecule has 0 unspecified atom stereocenters. The predicted octanol–water partition coefficient (Wildman–Crippen LogP) is 1.26. The molecule has 0 saturated carbocycles. The average molecular weight is 356 g/mol. The number of amides is 2. The van der Waals surface area contributed by atoms with Crippen LogP contribution < -0.4 is 5.56 Å². The van der Waals surface area contributed by atoms with Gasteiger partial charge in [-0.1, -0.05) is 39.0 Å². The van der Waals surface area contributed by atoms with Gasteiger partial charge in [0.05, 0.1) is 5.39 Å². The zero-order valence-corrected chi connectivity index (χ0v) is 15.7. The molecule has 0 spiro atoms. The van der Waals surface area contributed by atoms with Crippen LogP contribution in [-0.4, -0.2) is 57.6 Å². The van der Waals surface area contributed by atoms with Crippen LogP contribution in [0.4, 0.5) is 0 Å². The molecule has 26 heavy (non-hydrogen) atoms. The zero-order chi connectivity index (χ0) is 19.1. The molecular weight excluding hydrogens is 332 g/mol. The van der Waals surface area contributed by atoms with Crippen LogP contribution in [0, 0.1) is 5.41 Å². The van der Waals surface area contributed by atoms with E-state index in [1.54, 1.807) is 41.1 Å². The van der Waals surface area contributed by atoms with Crippen LogP contribution in [0.25, 0.3) is 10.8 Å². The van der Waals surface area contributed by atoms with Gasteiger partial charge in [-0.3, -0.25) is 14.4 Å². The SMILES string of the molecule is Cn1nc(C(=O)N2CCN(C(=O)C(C)(C)C)CC2)c2ccccc2c1=O. The molecular formula is C19H24N4O3. The van der Waals surface area contributed by atoms with Crippen LogP contribution >= 0.6 is 0 Å². The average Bonchev–Trinajstić information content (AvgIpc) is 2.63. The predicted molar refractivity (Wildman–Crippen MR) is 98.9 cm³/mol. The maximum absolute atomic E-state index is 13.0. The number of aryl methyl sites for hydroxylation is 1. The maximum Gasteiger partial charge on any atom is 0.275 e. The molecule has 2 aromatic rings. The van der Waals surface area contributed by atoms with Gasteiger partial charge in [0.1, 0.15) is 0 Å². The molecule has 0 aliphatic carbocycles. The Morgan fingerprint density at radius 3 is 2.08 bits per heavy atom. The lowest BCUT2D eigenvalue weighted by molar-refractivity contribution is -0.140. The minimum atomic E-state index is -0.429. The van der Waals surface area contributed by atoms with Gasteiger partial charge >= 0.3 is 0 Å². The highest BCUT2D eigenvalue weighted by molar-refractivity contribution is 6.04. The second kappa shape index (κ2) is 6.55. The van der Waals surface area contributed by atoms with E-state index in [9.17, 15) is 14.4 Å². The molecule has 0 atom stereocenters. The Labute approximate surface area is 152 Å². The summed E-state index contributed by atoms with van der Waals surface area (Å²) >= 11 is 0. The van der Waals surface area contributed by atoms with Gasteiger partial charge in [-0.2, -0.15) is 5.10 Å². The van der Waals surface area contributed by atoms with E-state index in [0.717, 1.165) is 0 Å². The van der Waals surface area contributed by atoms with Crippen molar-refractivity contribution in [1.82, 2.24) is 19.6 Å². The normalized spacial score (nSPS) is 15.4. The van der Waals surface area contributed by atoms with Gasteiger partial charge in [0.2, 0.25) is 5.91 Å². The highest BCUT2D eigenvalue weighted by atomic mass is 16.2. The van der Waals surface area contributed by atoms with E-state index < -0.39 is 5.41 Å². The van der Waals surface area contributed by atoms with Gasteiger partial charge in [-0.15, -0.1) is 0 Å². The largest absolute Gasteiger partial charge is 0.339 e. The van der Waals surface area contributed by atoms with Crippen molar-refractivity contribution in [3.8, 4) is 0 Å². The molecule has 3 rings (SSSR count). The number of piperazine rings is 1. The van der Waals surface area contributed by atoms with E-state index in [4.69, 9.17) is 0 Å². The molecule has 0 bridgehead atoms. The molecule has 0 N–H and O–H groups in total. The summed E-state index contributed by atoms with van der Waals surface area (Å²) in [6.45, 7) is 7.62. The molecule has 1 fully saturated rings. The lowest BCUT2D eigenvalue weighted by atomic mass is 9.94. The number of carbonyl (C=O) groups excluding carboxylic acids is 2. The second-order valence-electron chi connectivity index (χ2n) is 7.66. The fourth-order valence-electron chi connectivity index (χ4n) is 3.19. The highest BCUT2D eigenvalue weighted by Crippen LogP contribution is 2.20. The molecule has 1 aliphatic heterocycles. The third kappa shape index (κ3) is 3.21. The molecule has 7 heteroatoms. The van der Waals surface area contributed by atoms with E-state index >= 15 is 0 Å². The van der Waals surface area contributed by atoms with Crippen molar-refractivity contribution in [2.75, 3.05) is 26.2 Å². The lowest BCUT2D eigenvalue weighted by Crippen LogP contribution is -2.53. The Morgan fingerprint density at radius 2 is 1.50 bits per heavy atom. The second-order valence-corrected chi connectivity index (χ2v) is 7.66. The quantitative estimate of drug-likeness (QED) is 0.771. The number of hydrogen-bond acceptors (Lipinski definition) is 4. The topological polar surface area (TPSA) is 75.5 Å². The molecule has 1 aromatic carbocycles. The van der Waals surface area contributed by atoms with Crippen molar-refractivity contribution < 1.29 is 9.59 Å². The number of rotatable bonds is 1. The number of benzene rings is 1. The third-order valence-corrected chi connectivity index (χ3v) is 4.65. The molecule has 7 nitrogen and oxygen atoms in total. The van der Waals surface area contributed by atoms with E-state index in [1.165, 1.54) is 4.68 Å². The lowest BCUT2D eigenvalue weighted by Gasteiger charge is -2.37. The van der Waals surface area contributed by atoms with Crippen LogP contribution in [0.15, 0.2) is 29.1 Å². The summed E-state index contributed by atoms with van der Waals surface area (Å²) in [6, 6.07) is 7.02. The van der Waals surface area contributed by atoms with Crippen molar-refractivity contribution in [3.05, 3.63) is 40.3 Å². The summed E-state index contributed by atoms with van der Waals surface area (Å²) < 4.78 is 1.20. The monoisotopic (exact) mass is 356 g/mol. The van der Waals surface area contributed by atoms with Gasteiger partial charge in [0, 0.05) is 44.0 Å². The van der Waals surface area contributed by atoms with Gasteiger partial charge in [-0.05, 0) is 6.07 Å². The Kier molecular flexibility index (Phi) is 4.56. The summed E-state index contributed by atoms with van der Waals surface area (Å²) in [5.74, 6) is -0.116. The van der Waals surface area contributed by atoms with Crippen molar-refractivity contribution in [3.63, 3.8) is 0 Å². The highest BCUT2D eigenvalue weighted by Gasteiger charge is 2.32. The van der Waals surface area contributed by atoms with Gasteiger partial charge < -0.3 is 9.80 Å². The van der Waals surface area contributed by atoms with E-state index in [0.29, 0.717) is 37.0 Å². The molecule has 1 saturated heterocycles. The van der Waals surface area contributed by atoms with Crippen LogP contribution in [-0.2, 0) is 11.8 Å². The number of carbonyl (C=O) groups is 2. The van der Waals surface area contributed by atoms with E-state index in [2.05, 4.69) is 5.10 Å². The summed E-state index contributed by atoms with van der Waals surface area (Å²) in [5, 5.41) is 5.25. The first-order chi connectivity index (χ1) is 12.2. The summed E-state index contributed by atoms with van der Waals surface area (Å²) in [7, 11) is 1.55. The first-order valence-corrected chi connectivity index (χ1v) is 8.75. The van der Waals surface area contributed by atoms with Gasteiger partial charge in [0.15, 0.2) is 5.69 Å². The smallest absolute Gasteiger partial charge is 0.275 e. The van der Waals surface area contributed by atoms with Gasteiger partial charge in [-0.25, -0.2) is 4.68 Å². The minimum absolute atomic E-state index is 0.0929. The van der Waals surface area contributed by atoms with Crippen molar-refractivity contribution in [2.24, 2.45) is 12.5 Å². The maximum atomic E-state index is 13.0. The van der Waals surface area contributed by atoms with Crippen LogP contribution in [0.2, 0.25) is 0 Å². The van der Waals surface area contributed by atoms with Gasteiger partial charge in [0.25, 0.3) is 11.5 Å². The molecule has 1 aromatic heterocycles. The Hall–Kier alpha value is -2.70. The van der Waals surface area contributed by atoms with Crippen molar-refractivity contribution in [1.29, 1.82) is 0 Å². The molecule has 1 aliphatic rings. The van der Waals surface area contributed by atoms with E-state index in [1.807, 2.05) is 20.8 Å².